The minimum atomic E-state index is -5.73. The molecule has 0 N–H and O–H groups in total. The van der Waals surface area contributed by atoms with E-state index in [0.29, 0.717) is 0 Å². The Morgan fingerprint density at radius 3 is 1.90 bits per heavy atom. The second-order valence-corrected chi connectivity index (χ2v) is 7.86. The van der Waals surface area contributed by atoms with Crippen LogP contribution in [-0.4, -0.2) is 9.85 Å². The average Bonchev–Trinajstić information content (AvgIpc) is 2.66. The monoisotopic (exact) mass is 590 g/mol. The first-order valence-electron chi connectivity index (χ1n) is 6.92. The number of rotatable bonds is 8. The normalized spacial score (nSPS) is 12.9. The number of nitro benzene ring substituents is 2. The highest BCUT2D eigenvalue weighted by Crippen LogP contribution is 2.51. The second-order valence-electron chi connectivity index (χ2n) is 4.92. The van der Waals surface area contributed by atoms with Crippen LogP contribution in [0.4, 0.5) is 37.7 Å². The lowest BCUT2D eigenvalue weighted by Gasteiger charge is -2.15. The van der Waals surface area contributed by atoms with Crippen molar-refractivity contribution in [2.45, 2.75) is 0 Å². The van der Waals surface area contributed by atoms with Gasteiger partial charge in [0.05, 0.1) is 9.85 Å². The fourth-order valence-corrected chi connectivity index (χ4v) is 3.92. The van der Waals surface area contributed by atoms with Crippen LogP contribution in [0.5, 0.6) is 11.5 Å². The van der Waals surface area contributed by atoms with Crippen LogP contribution >= 0.6 is 7.82 Å². The van der Waals surface area contributed by atoms with E-state index in [0.717, 1.165) is 0 Å². The fraction of sp³-hybridized carbons (Fsp3) is 0. The summed E-state index contributed by atoms with van der Waals surface area (Å²) < 4.78 is 118. The molecule has 1 unspecified atom stereocenters. The molecule has 168 valence electrons. The molecule has 0 saturated carbocycles. The number of nitrogens with zero attached hydrogens (tertiary/aromatic N) is 2. The number of phosphoric acid groups is 1. The van der Waals surface area contributed by atoms with Gasteiger partial charge >= 0.3 is 41.2 Å². The van der Waals surface area contributed by atoms with Crippen molar-refractivity contribution >= 4 is 19.2 Å². The Hall–Kier alpha value is -2.70. The van der Waals surface area contributed by atoms with Crippen molar-refractivity contribution in [1.82, 2.24) is 0 Å². The Balaban J connectivity index is 2.61. The van der Waals surface area contributed by atoms with E-state index in [9.17, 15) is 54.6 Å². The van der Waals surface area contributed by atoms with E-state index in [1.807, 2.05) is 0 Å². The van der Waals surface area contributed by atoms with E-state index in [1.54, 1.807) is 0 Å². The summed E-state index contributed by atoms with van der Waals surface area (Å²) in [7, 11) is -5.73. The highest BCUT2D eigenvalue weighted by atomic mass is 127. The summed E-state index contributed by atoms with van der Waals surface area (Å²) in [4.78, 5) is 18.0. The second kappa shape index (κ2) is 9.20. The summed E-state index contributed by atoms with van der Waals surface area (Å²) in [6.45, 7) is 0. The van der Waals surface area contributed by atoms with Crippen molar-refractivity contribution in [2.24, 2.45) is 0 Å². The van der Waals surface area contributed by atoms with Gasteiger partial charge in [-0.25, -0.2) is 8.96 Å². The van der Waals surface area contributed by atoms with Crippen LogP contribution in [0.25, 0.3) is 0 Å². The van der Waals surface area contributed by atoms with Gasteiger partial charge in [-0.2, -0.15) is 22.0 Å². The summed E-state index contributed by atoms with van der Waals surface area (Å²) in [6, 6.07) is 0.511. The number of hydrogen-bond donors (Lipinski definition) is 0. The van der Waals surface area contributed by atoms with Gasteiger partial charge in [0.2, 0.25) is 40.7 Å². The van der Waals surface area contributed by atoms with Crippen LogP contribution in [0.2, 0.25) is 0 Å². The number of halogens is 7. The number of benzene rings is 2. The maximum Gasteiger partial charge on any atom is 0.632 e. The molecule has 0 aliphatic rings. The van der Waals surface area contributed by atoms with Crippen LogP contribution in [0, 0.1) is 55.1 Å². The molecular weight excluding hydrogens is 588 g/mol. The molecule has 0 saturated heterocycles. The van der Waals surface area contributed by atoms with Crippen LogP contribution in [-0.2, 0) is 7.42 Å². The summed E-state index contributed by atoms with van der Waals surface area (Å²) in [5, 5.41) is 21.4. The molecule has 0 spiro atoms. The van der Waals surface area contributed by atoms with Gasteiger partial charge in [0, 0.05) is 0 Å². The molecule has 0 aliphatic heterocycles. The molecule has 0 heterocycles. The van der Waals surface area contributed by atoms with Crippen molar-refractivity contribution in [3.8, 4) is 11.5 Å². The van der Waals surface area contributed by atoms with Crippen molar-refractivity contribution in [1.29, 1.82) is 0 Å². The molecule has 0 fully saturated rings. The third kappa shape index (κ3) is 4.81. The third-order valence-corrected chi connectivity index (χ3v) is 6.10. The van der Waals surface area contributed by atoms with Crippen molar-refractivity contribution in [2.75, 3.05) is 0 Å². The smallest absolute Gasteiger partial charge is 0.566 e. The van der Waals surface area contributed by atoms with E-state index < -0.39 is 97.5 Å². The molecule has 31 heavy (non-hydrogen) atoms. The quantitative estimate of drug-likeness (QED) is 0.0798. The summed E-state index contributed by atoms with van der Waals surface area (Å²) in [5.41, 5.74) is -4.12. The van der Waals surface area contributed by atoms with Gasteiger partial charge < -0.3 is 12.5 Å². The van der Waals surface area contributed by atoms with E-state index >= 15 is 0 Å². The van der Waals surface area contributed by atoms with E-state index in [2.05, 4.69) is 11.9 Å². The zero-order valence-corrected chi connectivity index (χ0v) is 16.9. The molecule has 0 aliphatic carbocycles. The third-order valence-electron chi connectivity index (χ3n) is 3.12. The first kappa shape index (κ1) is 24.6. The largest absolute Gasteiger partial charge is 0.632 e. The van der Waals surface area contributed by atoms with Crippen LogP contribution < -0.4 is 34.5 Å². The van der Waals surface area contributed by atoms with Crippen molar-refractivity contribution in [3.63, 3.8) is 0 Å². The Labute approximate surface area is 176 Å². The average molecular weight is 590 g/mol. The van der Waals surface area contributed by atoms with Crippen molar-refractivity contribution < 1.29 is 78.1 Å². The molecule has 19 heteroatoms. The highest BCUT2D eigenvalue weighted by Gasteiger charge is 2.44. The van der Waals surface area contributed by atoms with E-state index in [4.69, 9.17) is 0 Å². The van der Waals surface area contributed by atoms with Crippen LogP contribution in [0.3, 0.4) is 0 Å². The lowest BCUT2D eigenvalue weighted by molar-refractivity contribution is -1.25. The molecule has 0 amide bonds. The van der Waals surface area contributed by atoms with Crippen LogP contribution in [0.1, 0.15) is 0 Å². The Morgan fingerprint density at radius 2 is 1.39 bits per heavy atom. The van der Waals surface area contributed by atoms with Gasteiger partial charge in [-0.05, 0) is 15.0 Å². The Kier molecular flexibility index (Phi) is 7.29. The standard InChI is InChI=1S/C12H2F6IN2O9P/c13-3-1-2-4(5(14)10(3)20(23)24)28-31(27,30-19-22)29-12-8(17)6(15)7(16)11(9(12)18)21(25)26/h1-2H. The van der Waals surface area contributed by atoms with Gasteiger partial charge in [0.25, 0.3) is 0 Å². The molecule has 2 aromatic carbocycles. The predicted octanol–water partition coefficient (Wildman–Crippen LogP) is 0.199. The summed E-state index contributed by atoms with van der Waals surface area (Å²) in [6.07, 6.45) is 0. The molecular formula is C12H2F6IN2O9P. The SMILES string of the molecule is O=[N+]([O-])c1c(F)ccc(OP(=O)(O[I+][O-])Oc2c(F)c(F)c(F)c([N+](=O)[O-])c2F)c1F. The van der Waals surface area contributed by atoms with Gasteiger partial charge in [-0.1, -0.05) is 0 Å². The number of hydrogen-bond acceptors (Lipinski definition) is 9. The first-order chi connectivity index (χ1) is 14.3. The number of nitro groups is 2. The Morgan fingerprint density at radius 1 is 0.806 bits per heavy atom. The van der Waals surface area contributed by atoms with Gasteiger partial charge in [-0.15, -0.1) is 0 Å². The zero-order valence-electron chi connectivity index (χ0n) is 13.8. The first-order valence-corrected chi connectivity index (χ1v) is 10.1. The van der Waals surface area contributed by atoms with Gasteiger partial charge in [0.15, 0.2) is 5.75 Å². The molecule has 1 atom stereocenters. The Bertz CT molecular complexity index is 1140. The van der Waals surface area contributed by atoms with E-state index in [1.165, 1.54) is 0 Å². The fourth-order valence-electron chi connectivity index (χ4n) is 1.91. The van der Waals surface area contributed by atoms with Gasteiger partial charge in [-0.3, -0.25) is 20.2 Å². The van der Waals surface area contributed by atoms with E-state index in [-0.39, 0.29) is 12.1 Å². The van der Waals surface area contributed by atoms with Crippen molar-refractivity contribution in [3.05, 3.63) is 67.3 Å². The molecule has 2 aromatic rings. The topological polar surface area (TPSA) is 154 Å². The minimum absolute atomic E-state index is 0.233. The number of phosphoric ester groups is 1. The highest BCUT2D eigenvalue weighted by molar-refractivity contribution is 7.49. The zero-order chi connectivity index (χ0) is 23.7. The predicted molar refractivity (Wildman–Crippen MR) is 75.9 cm³/mol. The maximum absolute atomic E-state index is 14.1. The molecule has 0 bridgehead atoms. The molecule has 2 rings (SSSR count). The molecule has 0 radical (unpaired) electrons. The minimum Gasteiger partial charge on any atom is -0.566 e. The lowest BCUT2D eigenvalue weighted by Crippen LogP contribution is -3.69. The summed E-state index contributed by atoms with van der Waals surface area (Å²) >= 11 is -2.91. The van der Waals surface area contributed by atoms with Crippen LogP contribution in [0.15, 0.2) is 12.1 Å². The lowest BCUT2D eigenvalue weighted by atomic mass is 10.2. The summed E-state index contributed by atoms with van der Waals surface area (Å²) in [5.74, 6) is -18.0. The molecule has 0 aromatic heterocycles. The maximum atomic E-state index is 14.1. The molecule has 11 nitrogen and oxygen atoms in total. The van der Waals surface area contributed by atoms with Gasteiger partial charge in [0.1, 0.15) is 0 Å².